The molecule has 16 heavy (non-hydrogen) atoms. The summed E-state index contributed by atoms with van der Waals surface area (Å²) in [4.78, 5) is 4.12. The van der Waals surface area contributed by atoms with E-state index < -0.39 is 0 Å². The molecule has 0 atom stereocenters. The fourth-order valence-corrected chi connectivity index (χ4v) is 1.49. The number of ether oxygens (including phenoxy) is 1. The minimum Gasteiger partial charge on any atom is -0.380 e. The third-order valence-corrected chi connectivity index (χ3v) is 2.51. The number of aromatic nitrogens is 2. The van der Waals surface area contributed by atoms with Gasteiger partial charge in [0, 0.05) is 32.4 Å². The molecule has 4 heteroatoms. The molecular weight excluding hydrogens is 202 g/mol. The fraction of sp³-hybridized carbons (Fsp3) is 0.750. The highest BCUT2D eigenvalue weighted by Crippen LogP contribution is 1.97. The number of nitrogens with zero attached hydrogens (tertiary/aromatic N) is 2. The molecule has 0 aliphatic heterocycles. The van der Waals surface area contributed by atoms with Crippen LogP contribution in [0.2, 0.25) is 0 Å². The van der Waals surface area contributed by atoms with Crippen LogP contribution in [-0.4, -0.2) is 29.3 Å². The normalized spacial score (nSPS) is 10.9. The quantitative estimate of drug-likeness (QED) is 0.651. The summed E-state index contributed by atoms with van der Waals surface area (Å²) in [6, 6.07) is 0. The molecule has 0 aromatic carbocycles. The second kappa shape index (κ2) is 8.30. The van der Waals surface area contributed by atoms with Crippen molar-refractivity contribution in [2.75, 3.05) is 19.8 Å². The Kier molecular flexibility index (Phi) is 6.85. The third-order valence-electron chi connectivity index (χ3n) is 2.51. The molecule has 1 N–H and O–H groups in total. The first-order valence-corrected chi connectivity index (χ1v) is 6.16. The predicted octanol–water partition coefficient (Wildman–Crippen LogP) is 1.81. The van der Waals surface area contributed by atoms with Crippen molar-refractivity contribution in [3.8, 4) is 0 Å². The summed E-state index contributed by atoms with van der Waals surface area (Å²) in [6.07, 6.45) is 6.13. The zero-order valence-electron chi connectivity index (χ0n) is 10.4. The van der Waals surface area contributed by atoms with Crippen molar-refractivity contribution in [3.05, 3.63) is 18.2 Å². The van der Waals surface area contributed by atoms with Crippen LogP contribution in [0.15, 0.2) is 12.5 Å². The number of hydrogen-bond donors (Lipinski definition) is 1. The molecule has 0 aliphatic rings. The van der Waals surface area contributed by atoms with Crippen molar-refractivity contribution in [2.24, 2.45) is 0 Å². The molecule has 0 aliphatic carbocycles. The minimum atomic E-state index is 0.792. The molecule has 92 valence electrons. The fourth-order valence-electron chi connectivity index (χ4n) is 1.49. The zero-order valence-corrected chi connectivity index (χ0v) is 10.4. The molecular formula is C12H23N3O. The first kappa shape index (κ1) is 13.2. The SMILES string of the molecule is CCCCOCCNCc1cncn1CC. The highest BCUT2D eigenvalue weighted by Gasteiger charge is 1.98. The number of aryl methyl sites for hydroxylation is 1. The molecule has 4 nitrogen and oxygen atoms in total. The van der Waals surface area contributed by atoms with Gasteiger partial charge in [-0.25, -0.2) is 4.98 Å². The van der Waals surface area contributed by atoms with E-state index in [1.54, 1.807) is 0 Å². The van der Waals surface area contributed by atoms with E-state index >= 15 is 0 Å². The molecule has 1 rings (SSSR count). The van der Waals surface area contributed by atoms with E-state index in [-0.39, 0.29) is 0 Å². The van der Waals surface area contributed by atoms with Crippen LogP contribution in [-0.2, 0) is 17.8 Å². The Morgan fingerprint density at radius 1 is 1.38 bits per heavy atom. The van der Waals surface area contributed by atoms with Crippen molar-refractivity contribution in [1.29, 1.82) is 0 Å². The van der Waals surface area contributed by atoms with E-state index in [1.807, 2.05) is 12.5 Å². The summed E-state index contributed by atoms with van der Waals surface area (Å²) in [7, 11) is 0. The van der Waals surface area contributed by atoms with Gasteiger partial charge in [0.25, 0.3) is 0 Å². The highest BCUT2D eigenvalue weighted by molar-refractivity contribution is 4.97. The van der Waals surface area contributed by atoms with E-state index in [0.29, 0.717) is 0 Å². The van der Waals surface area contributed by atoms with Crippen LogP contribution < -0.4 is 5.32 Å². The van der Waals surface area contributed by atoms with E-state index in [4.69, 9.17) is 4.74 Å². The first-order valence-electron chi connectivity index (χ1n) is 6.16. The maximum atomic E-state index is 5.47. The summed E-state index contributed by atoms with van der Waals surface area (Å²) < 4.78 is 7.61. The van der Waals surface area contributed by atoms with Crippen molar-refractivity contribution >= 4 is 0 Å². The van der Waals surface area contributed by atoms with Gasteiger partial charge in [0.1, 0.15) is 0 Å². The van der Waals surface area contributed by atoms with Crippen molar-refractivity contribution in [3.63, 3.8) is 0 Å². The Hall–Kier alpha value is -0.870. The van der Waals surface area contributed by atoms with Gasteiger partial charge in [-0.2, -0.15) is 0 Å². The maximum Gasteiger partial charge on any atom is 0.0948 e. The zero-order chi connectivity index (χ0) is 11.6. The van der Waals surface area contributed by atoms with Crippen LogP contribution in [0.3, 0.4) is 0 Å². The van der Waals surface area contributed by atoms with E-state index in [9.17, 15) is 0 Å². The largest absolute Gasteiger partial charge is 0.380 e. The van der Waals surface area contributed by atoms with Crippen molar-refractivity contribution in [2.45, 2.75) is 39.8 Å². The standard InChI is InChI=1S/C12H23N3O/c1-3-5-7-16-8-6-13-9-12-10-14-11-15(12)4-2/h10-11,13H,3-9H2,1-2H3. The number of hydrogen-bond acceptors (Lipinski definition) is 3. The molecule has 0 bridgehead atoms. The van der Waals surface area contributed by atoms with Crippen LogP contribution in [0.25, 0.3) is 0 Å². The lowest BCUT2D eigenvalue weighted by Crippen LogP contribution is -2.21. The average molecular weight is 225 g/mol. The molecule has 0 saturated carbocycles. The Morgan fingerprint density at radius 3 is 3.00 bits per heavy atom. The monoisotopic (exact) mass is 225 g/mol. The van der Waals surface area contributed by atoms with Gasteiger partial charge in [-0.15, -0.1) is 0 Å². The number of rotatable bonds is 9. The average Bonchev–Trinajstić information content (AvgIpc) is 2.75. The maximum absolute atomic E-state index is 5.47. The van der Waals surface area contributed by atoms with E-state index in [1.165, 1.54) is 12.1 Å². The lowest BCUT2D eigenvalue weighted by Gasteiger charge is -2.07. The summed E-state index contributed by atoms with van der Waals surface area (Å²) in [5.74, 6) is 0. The molecule has 0 spiro atoms. The lowest BCUT2D eigenvalue weighted by atomic mass is 10.4. The molecule has 0 unspecified atom stereocenters. The molecule has 0 fully saturated rings. The van der Waals surface area contributed by atoms with Crippen LogP contribution in [0.1, 0.15) is 32.4 Å². The molecule has 0 amide bonds. The molecule has 0 saturated heterocycles. The molecule has 1 heterocycles. The Labute approximate surface area is 98.0 Å². The van der Waals surface area contributed by atoms with Gasteiger partial charge in [-0.05, 0) is 13.3 Å². The summed E-state index contributed by atoms with van der Waals surface area (Å²) >= 11 is 0. The Balaban J connectivity index is 2.03. The number of imidazole rings is 1. The van der Waals surface area contributed by atoms with Crippen molar-refractivity contribution in [1.82, 2.24) is 14.9 Å². The second-order valence-electron chi connectivity index (χ2n) is 3.81. The summed E-state index contributed by atoms with van der Waals surface area (Å²) in [5.41, 5.74) is 1.23. The molecule has 1 aromatic heterocycles. The molecule has 1 aromatic rings. The van der Waals surface area contributed by atoms with Gasteiger partial charge in [0.2, 0.25) is 0 Å². The Bertz CT molecular complexity index is 273. The van der Waals surface area contributed by atoms with Gasteiger partial charge >= 0.3 is 0 Å². The van der Waals surface area contributed by atoms with Gasteiger partial charge in [0.15, 0.2) is 0 Å². The number of nitrogens with one attached hydrogen (secondary N) is 1. The topological polar surface area (TPSA) is 39.1 Å². The minimum absolute atomic E-state index is 0.792. The number of unbranched alkanes of at least 4 members (excludes halogenated alkanes) is 1. The van der Waals surface area contributed by atoms with Crippen LogP contribution in [0, 0.1) is 0 Å². The third kappa shape index (κ3) is 4.77. The summed E-state index contributed by atoms with van der Waals surface area (Å²) in [5, 5.41) is 3.35. The second-order valence-corrected chi connectivity index (χ2v) is 3.81. The smallest absolute Gasteiger partial charge is 0.0948 e. The van der Waals surface area contributed by atoms with Gasteiger partial charge in [-0.1, -0.05) is 13.3 Å². The molecule has 0 radical (unpaired) electrons. The van der Waals surface area contributed by atoms with E-state index in [0.717, 1.165) is 39.3 Å². The predicted molar refractivity (Wildman–Crippen MR) is 65.3 cm³/mol. The lowest BCUT2D eigenvalue weighted by molar-refractivity contribution is 0.132. The summed E-state index contributed by atoms with van der Waals surface area (Å²) in [6.45, 7) is 8.71. The Morgan fingerprint density at radius 2 is 2.25 bits per heavy atom. The van der Waals surface area contributed by atoms with Gasteiger partial charge in [-0.3, -0.25) is 0 Å². The van der Waals surface area contributed by atoms with Crippen LogP contribution >= 0.6 is 0 Å². The van der Waals surface area contributed by atoms with Gasteiger partial charge < -0.3 is 14.6 Å². The van der Waals surface area contributed by atoms with E-state index in [2.05, 4.69) is 28.7 Å². The highest BCUT2D eigenvalue weighted by atomic mass is 16.5. The van der Waals surface area contributed by atoms with Gasteiger partial charge in [0.05, 0.1) is 18.6 Å². The van der Waals surface area contributed by atoms with Crippen LogP contribution in [0.5, 0.6) is 0 Å². The van der Waals surface area contributed by atoms with Crippen molar-refractivity contribution < 1.29 is 4.74 Å². The first-order chi connectivity index (χ1) is 7.88. The van der Waals surface area contributed by atoms with Crippen LogP contribution in [0.4, 0.5) is 0 Å².